The summed E-state index contributed by atoms with van der Waals surface area (Å²) in [6.45, 7) is 2.21. The van der Waals surface area contributed by atoms with Gasteiger partial charge in [-0.2, -0.15) is 0 Å². The van der Waals surface area contributed by atoms with Crippen LogP contribution in [0.1, 0.15) is 12.8 Å². The summed E-state index contributed by atoms with van der Waals surface area (Å²) in [6, 6.07) is 30.2. The van der Waals surface area contributed by atoms with Crippen molar-refractivity contribution in [2.24, 2.45) is 0 Å². The summed E-state index contributed by atoms with van der Waals surface area (Å²) in [4.78, 5) is 27.6. The third kappa shape index (κ3) is 5.61. The Balaban J connectivity index is 1.17. The number of aromatic nitrogens is 1. The second-order valence-corrected chi connectivity index (χ2v) is 9.07. The van der Waals surface area contributed by atoms with Crippen LogP contribution in [0.25, 0.3) is 22.2 Å². The fourth-order valence-electron chi connectivity index (χ4n) is 4.81. The molecular formula is C29H30N4O2. The molecule has 4 aromatic rings. The molecule has 0 saturated carbocycles. The topological polar surface area (TPSA) is 66.4 Å². The summed E-state index contributed by atoms with van der Waals surface area (Å²) in [5, 5.41) is 7.29. The van der Waals surface area contributed by atoms with Gasteiger partial charge in [0.2, 0.25) is 11.8 Å². The summed E-state index contributed by atoms with van der Waals surface area (Å²) in [5.41, 5.74) is 4.01. The zero-order valence-corrected chi connectivity index (χ0v) is 19.7. The molecule has 178 valence electrons. The van der Waals surface area contributed by atoms with Gasteiger partial charge in [-0.1, -0.05) is 66.7 Å². The van der Waals surface area contributed by atoms with E-state index in [1.165, 1.54) is 0 Å². The van der Waals surface area contributed by atoms with Crippen molar-refractivity contribution in [1.82, 2.24) is 14.8 Å². The number of amides is 2. The van der Waals surface area contributed by atoms with Crippen molar-refractivity contribution < 1.29 is 9.59 Å². The molecule has 1 saturated heterocycles. The highest BCUT2D eigenvalue weighted by Gasteiger charge is 2.23. The van der Waals surface area contributed by atoms with Gasteiger partial charge in [0, 0.05) is 41.4 Å². The van der Waals surface area contributed by atoms with Crippen LogP contribution in [0.15, 0.2) is 91.0 Å². The van der Waals surface area contributed by atoms with Crippen molar-refractivity contribution in [1.29, 1.82) is 0 Å². The largest absolute Gasteiger partial charge is 0.352 e. The zero-order valence-electron chi connectivity index (χ0n) is 19.7. The maximum atomic E-state index is 13.1. The van der Waals surface area contributed by atoms with E-state index in [-0.39, 0.29) is 24.4 Å². The minimum Gasteiger partial charge on any atom is -0.352 e. The second-order valence-electron chi connectivity index (χ2n) is 9.07. The van der Waals surface area contributed by atoms with Crippen molar-refractivity contribution in [2.45, 2.75) is 25.4 Å². The number of anilines is 1. The molecule has 3 aromatic carbocycles. The lowest BCUT2D eigenvalue weighted by Gasteiger charge is -2.32. The van der Waals surface area contributed by atoms with E-state index in [2.05, 4.69) is 50.4 Å². The molecular weight excluding hydrogens is 436 g/mol. The van der Waals surface area contributed by atoms with Crippen LogP contribution in [0.3, 0.4) is 0 Å². The van der Waals surface area contributed by atoms with Gasteiger partial charge >= 0.3 is 0 Å². The quantitative estimate of drug-likeness (QED) is 0.421. The average molecular weight is 467 g/mol. The van der Waals surface area contributed by atoms with Crippen LogP contribution in [0, 0.1) is 0 Å². The Labute approximate surface area is 205 Å². The average Bonchev–Trinajstić information content (AvgIpc) is 3.24. The molecule has 6 heteroatoms. The number of para-hydroxylation sites is 2. The molecule has 2 N–H and O–H groups in total. The third-order valence-electron chi connectivity index (χ3n) is 6.56. The molecule has 0 spiro atoms. The predicted molar refractivity (Wildman–Crippen MR) is 140 cm³/mol. The number of likely N-dealkylation sites (tertiary alicyclic amines) is 1. The molecule has 6 nitrogen and oxygen atoms in total. The molecule has 1 fully saturated rings. The van der Waals surface area contributed by atoms with E-state index < -0.39 is 0 Å². The van der Waals surface area contributed by atoms with E-state index in [4.69, 9.17) is 0 Å². The number of rotatable bonds is 7. The van der Waals surface area contributed by atoms with Crippen molar-refractivity contribution in [3.05, 3.63) is 91.0 Å². The Bertz CT molecular complexity index is 1290. The Morgan fingerprint density at radius 2 is 1.43 bits per heavy atom. The number of fused-ring (bicyclic) bond motifs is 1. The minimum absolute atomic E-state index is 0.00777. The lowest BCUT2D eigenvalue weighted by molar-refractivity contribution is -0.123. The summed E-state index contributed by atoms with van der Waals surface area (Å²) in [7, 11) is 0. The molecule has 2 heterocycles. The Kier molecular flexibility index (Phi) is 6.91. The third-order valence-corrected chi connectivity index (χ3v) is 6.56. The standard InChI is InChI=1S/C29H30N4O2/c34-28(30-24-12-5-2-6-13-24)20-32-17-15-25(16-18-32)31-29(35)21-33-26-14-8-7-11-23(26)19-27(33)22-9-3-1-4-10-22/h1-14,19,25H,15-18,20-21H2,(H,30,34)(H,31,35). The van der Waals surface area contributed by atoms with Gasteiger partial charge in [0.05, 0.1) is 6.54 Å². The zero-order chi connectivity index (χ0) is 24.0. The lowest BCUT2D eigenvalue weighted by Crippen LogP contribution is -2.47. The predicted octanol–water partition coefficient (Wildman–Crippen LogP) is 4.53. The molecule has 0 radical (unpaired) electrons. The number of carbonyl (C=O) groups is 2. The van der Waals surface area contributed by atoms with E-state index in [1.54, 1.807) is 0 Å². The SMILES string of the molecule is O=C(CN1CCC(NC(=O)Cn2c(-c3ccccc3)cc3ccccc32)CC1)Nc1ccccc1. The van der Waals surface area contributed by atoms with Crippen LogP contribution in [-0.2, 0) is 16.1 Å². The van der Waals surface area contributed by atoms with E-state index in [1.807, 2.05) is 60.7 Å². The first kappa shape index (κ1) is 22.9. The highest BCUT2D eigenvalue weighted by atomic mass is 16.2. The molecule has 0 atom stereocenters. The van der Waals surface area contributed by atoms with Crippen molar-refractivity contribution in [2.75, 3.05) is 25.0 Å². The van der Waals surface area contributed by atoms with Crippen molar-refractivity contribution >= 4 is 28.4 Å². The van der Waals surface area contributed by atoms with Crippen LogP contribution >= 0.6 is 0 Å². The molecule has 1 aliphatic heterocycles. The molecule has 0 bridgehead atoms. The van der Waals surface area contributed by atoms with Gasteiger partial charge in [-0.25, -0.2) is 0 Å². The highest BCUT2D eigenvalue weighted by Crippen LogP contribution is 2.28. The fraction of sp³-hybridized carbons (Fsp3) is 0.241. The van der Waals surface area contributed by atoms with Crippen LogP contribution < -0.4 is 10.6 Å². The summed E-state index contributed by atoms with van der Waals surface area (Å²) < 4.78 is 2.10. The van der Waals surface area contributed by atoms with Gasteiger partial charge in [-0.3, -0.25) is 14.5 Å². The first-order chi connectivity index (χ1) is 17.2. The molecule has 5 rings (SSSR count). The van der Waals surface area contributed by atoms with Crippen LogP contribution in [0.2, 0.25) is 0 Å². The van der Waals surface area contributed by atoms with Crippen molar-refractivity contribution in [3.63, 3.8) is 0 Å². The Hall–Kier alpha value is -3.90. The first-order valence-corrected chi connectivity index (χ1v) is 12.2. The number of carbonyl (C=O) groups excluding carboxylic acids is 2. The lowest BCUT2D eigenvalue weighted by atomic mass is 10.0. The number of hydrogen-bond acceptors (Lipinski definition) is 3. The molecule has 1 aliphatic rings. The molecule has 0 unspecified atom stereocenters. The molecule has 0 aliphatic carbocycles. The van der Waals surface area contributed by atoms with Gasteiger partial charge in [0.1, 0.15) is 6.54 Å². The molecule has 35 heavy (non-hydrogen) atoms. The van der Waals surface area contributed by atoms with Crippen molar-refractivity contribution in [3.8, 4) is 11.3 Å². The maximum absolute atomic E-state index is 13.1. The van der Waals surface area contributed by atoms with E-state index in [0.717, 1.165) is 53.8 Å². The number of nitrogens with one attached hydrogen (secondary N) is 2. The first-order valence-electron chi connectivity index (χ1n) is 12.2. The number of piperidine rings is 1. The number of hydrogen-bond donors (Lipinski definition) is 2. The van der Waals surface area contributed by atoms with Crippen LogP contribution in [0.4, 0.5) is 5.69 Å². The van der Waals surface area contributed by atoms with E-state index in [0.29, 0.717) is 6.54 Å². The summed E-state index contributed by atoms with van der Waals surface area (Å²) in [5.74, 6) is 0.00965. The van der Waals surface area contributed by atoms with Crippen LogP contribution in [0.5, 0.6) is 0 Å². The summed E-state index contributed by atoms with van der Waals surface area (Å²) in [6.07, 6.45) is 1.67. The Morgan fingerprint density at radius 1 is 0.771 bits per heavy atom. The Morgan fingerprint density at radius 3 is 2.17 bits per heavy atom. The highest BCUT2D eigenvalue weighted by molar-refractivity contribution is 5.92. The van der Waals surface area contributed by atoms with E-state index >= 15 is 0 Å². The van der Waals surface area contributed by atoms with Gasteiger partial charge < -0.3 is 15.2 Å². The second kappa shape index (κ2) is 10.6. The minimum atomic E-state index is -0.00777. The van der Waals surface area contributed by atoms with Gasteiger partial charge in [0.15, 0.2) is 0 Å². The number of benzene rings is 3. The number of nitrogens with zero attached hydrogens (tertiary/aromatic N) is 2. The molecule has 2 amide bonds. The van der Waals surface area contributed by atoms with E-state index in [9.17, 15) is 9.59 Å². The molecule has 1 aromatic heterocycles. The van der Waals surface area contributed by atoms with Gasteiger partial charge in [-0.05, 0) is 42.7 Å². The summed E-state index contributed by atoms with van der Waals surface area (Å²) >= 11 is 0. The normalized spacial score (nSPS) is 14.6. The van der Waals surface area contributed by atoms with Gasteiger partial charge in [-0.15, -0.1) is 0 Å². The monoisotopic (exact) mass is 466 g/mol. The maximum Gasteiger partial charge on any atom is 0.240 e. The van der Waals surface area contributed by atoms with Crippen LogP contribution in [-0.4, -0.2) is 47.0 Å². The van der Waals surface area contributed by atoms with Gasteiger partial charge in [0.25, 0.3) is 0 Å². The smallest absolute Gasteiger partial charge is 0.240 e. The fourth-order valence-corrected chi connectivity index (χ4v) is 4.81.